The van der Waals surface area contributed by atoms with Gasteiger partial charge in [-0.25, -0.2) is 0 Å². The second-order valence-electron chi connectivity index (χ2n) is 4.83. The van der Waals surface area contributed by atoms with Gasteiger partial charge in [0.25, 0.3) is 5.56 Å². The maximum Gasteiger partial charge on any atom is 0.258 e. The zero-order valence-electron chi connectivity index (χ0n) is 10.0. The topological polar surface area (TPSA) is 70.4 Å². The van der Waals surface area contributed by atoms with Crippen molar-refractivity contribution in [1.82, 2.24) is 14.6 Å². The van der Waals surface area contributed by atoms with Crippen LogP contribution in [0.1, 0.15) is 42.9 Å². The molecule has 2 aromatic heterocycles. The fourth-order valence-corrected chi connectivity index (χ4v) is 3.09. The SMILES string of the molecule is Cc1nn2c(O)c(C3CCCC3)c(=O)[nH]c2c1Br. The van der Waals surface area contributed by atoms with Crippen molar-refractivity contribution in [3.05, 3.63) is 26.1 Å². The van der Waals surface area contributed by atoms with Crippen LogP contribution in [-0.4, -0.2) is 19.7 Å². The van der Waals surface area contributed by atoms with Gasteiger partial charge in [-0.15, -0.1) is 0 Å². The van der Waals surface area contributed by atoms with Crippen LogP contribution in [0, 0.1) is 6.92 Å². The predicted octanol–water partition coefficient (Wildman–Crippen LogP) is 2.46. The molecule has 96 valence electrons. The van der Waals surface area contributed by atoms with Crippen molar-refractivity contribution in [1.29, 1.82) is 0 Å². The smallest absolute Gasteiger partial charge is 0.258 e. The minimum atomic E-state index is -0.201. The van der Waals surface area contributed by atoms with Crippen molar-refractivity contribution in [2.45, 2.75) is 38.5 Å². The summed E-state index contributed by atoms with van der Waals surface area (Å²) in [6.07, 6.45) is 4.15. The minimum absolute atomic E-state index is 0.0190. The average molecular weight is 312 g/mol. The van der Waals surface area contributed by atoms with E-state index in [1.807, 2.05) is 6.92 Å². The van der Waals surface area contributed by atoms with Crippen molar-refractivity contribution in [2.24, 2.45) is 0 Å². The second kappa shape index (κ2) is 4.12. The van der Waals surface area contributed by atoms with Crippen LogP contribution in [0.15, 0.2) is 9.27 Å². The maximum atomic E-state index is 12.1. The number of aryl methyl sites for hydroxylation is 1. The molecule has 0 saturated heterocycles. The number of hydrogen-bond donors (Lipinski definition) is 2. The van der Waals surface area contributed by atoms with Crippen molar-refractivity contribution in [2.75, 3.05) is 0 Å². The number of aromatic amines is 1. The van der Waals surface area contributed by atoms with E-state index < -0.39 is 0 Å². The van der Waals surface area contributed by atoms with Gasteiger partial charge in [-0.3, -0.25) is 4.79 Å². The first-order valence-corrected chi connectivity index (χ1v) is 6.89. The Kier molecular flexibility index (Phi) is 2.69. The lowest BCUT2D eigenvalue weighted by Crippen LogP contribution is -2.18. The summed E-state index contributed by atoms with van der Waals surface area (Å²) in [4.78, 5) is 14.9. The molecule has 2 aromatic rings. The van der Waals surface area contributed by atoms with Crippen LogP contribution >= 0.6 is 15.9 Å². The minimum Gasteiger partial charge on any atom is -0.493 e. The first-order valence-electron chi connectivity index (χ1n) is 6.09. The van der Waals surface area contributed by atoms with Crippen LogP contribution in [0.4, 0.5) is 0 Å². The average Bonchev–Trinajstić information content (AvgIpc) is 2.92. The van der Waals surface area contributed by atoms with Crippen LogP contribution in [0.3, 0.4) is 0 Å². The fraction of sp³-hybridized carbons (Fsp3) is 0.500. The van der Waals surface area contributed by atoms with Crippen LogP contribution < -0.4 is 5.56 Å². The van der Waals surface area contributed by atoms with Gasteiger partial charge in [0.2, 0.25) is 5.88 Å². The quantitative estimate of drug-likeness (QED) is 0.850. The normalized spacial score (nSPS) is 16.8. The Balaban J connectivity index is 2.30. The molecule has 2 N–H and O–H groups in total. The van der Waals surface area contributed by atoms with Gasteiger partial charge in [-0.2, -0.15) is 9.61 Å². The number of rotatable bonds is 1. The van der Waals surface area contributed by atoms with E-state index in [1.165, 1.54) is 4.52 Å². The molecule has 0 unspecified atom stereocenters. The van der Waals surface area contributed by atoms with Gasteiger partial charge in [-0.05, 0) is 41.6 Å². The maximum absolute atomic E-state index is 12.1. The summed E-state index contributed by atoms with van der Waals surface area (Å²) < 4.78 is 2.13. The summed E-state index contributed by atoms with van der Waals surface area (Å²) in [5.41, 5.74) is 1.53. The van der Waals surface area contributed by atoms with E-state index >= 15 is 0 Å². The molecule has 1 aliphatic rings. The van der Waals surface area contributed by atoms with Gasteiger partial charge in [0.1, 0.15) is 0 Å². The molecule has 5 nitrogen and oxygen atoms in total. The molecule has 18 heavy (non-hydrogen) atoms. The summed E-state index contributed by atoms with van der Waals surface area (Å²) in [7, 11) is 0. The number of aromatic nitrogens is 3. The number of aromatic hydroxyl groups is 1. The van der Waals surface area contributed by atoms with E-state index in [2.05, 4.69) is 26.0 Å². The summed E-state index contributed by atoms with van der Waals surface area (Å²) >= 11 is 3.36. The van der Waals surface area contributed by atoms with E-state index in [9.17, 15) is 9.90 Å². The molecular formula is C12H14BrN3O2. The molecule has 0 radical (unpaired) electrons. The third-order valence-electron chi connectivity index (χ3n) is 3.67. The molecule has 6 heteroatoms. The number of fused-ring (bicyclic) bond motifs is 1. The largest absolute Gasteiger partial charge is 0.493 e. The summed E-state index contributed by atoms with van der Waals surface area (Å²) in [6, 6.07) is 0. The number of nitrogens with one attached hydrogen (secondary N) is 1. The Morgan fingerprint density at radius 3 is 2.78 bits per heavy atom. The second-order valence-corrected chi connectivity index (χ2v) is 5.63. The number of H-pyrrole nitrogens is 1. The van der Waals surface area contributed by atoms with Gasteiger partial charge < -0.3 is 10.1 Å². The van der Waals surface area contributed by atoms with Crippen LogP contribution in [-0.2, 0) is 0 Å². The van der Waals surface area contributed by atoms with Gasteiger partial charge in [0.05, 0.1) is 15.7 Å². The third kappa shape index (κ3) is 1.59. The van der Waals surface area contributed by atoms with Gasteiger partial charge in [-0.1, -0.05) is 12.8 Å². The third-order valence-corrected chi connectivity index (χ3v) is 4.62. The highest BCUT2D eigenvalue weighted by atomic mass is 79.9. The van der Waals surface area contributed by atoms with Crippen molar-refractivity contribution in [3.63, 3.8) is 0 Å². The Hall–Kier alpha value is -1.30. The fourth-order valence-electron chi connectivity index (χ4n) is 2.74. The first-order chi connectivity index (χ1) is 8.59. The monoisotopic (exact) mass is 311 g/mol. The van der Waals surface area contributed by atoms with E-state index in [1.54, 1.807) is 0 Å². The lowest BCUT2D eigenvalue weighted by Gasteiger charge is -2.11. The molecule has 0 aliphatic heterocycles. The summed E-state index contributed by atoms with van der Waals surface area (Å²) in [6.45, 7) is 1.82. The van der Waals surface area contributed by atoms with E-state index in [-0.39, 0.29) is 17.4 Å². The highest BCUT2D eigenvalue weighted by Gasteiger charge is 2.26. The van der Waals surface area contributed by atoms with Gasteiger partial charge in [0.15, 0.2) is 5.65 Å². The summed E-state index contributed by atoms with van der Waals surface area (Å²) in [5.74, 6) is 0.135. The van der Waals surface area contributed by atoms with Crippen LogP contribution in [0.2, 0.25) is 0 Å². The highest BCUT2D eigenvalue weighted by molar-refractivity contribution is 9.10. The molecular weight excluding hydrogens is 298 g/mol. The molecule has 0 amide bonds. The Labute approximate surface area is 112 Å². The number of nitrogens with zero attached hydrogens (tertiary/aromatic N) is 2. The van der Waals surface area contributed by atoms with Gasteiger partial charge >= 0.3 is 0 Å². The zero-order valence-corrected chi connectivity index (χ0v) is 11.6. The van der Waals surface area contributed by atoms with Crippen LogP contribution in [0.25, 0.3) is 5.65 Å². The molecule has 2 heterocycles. The first kappa shape index (κ1) is 11.8. The van der Waals surface area contributed by atoms with E-state index in [0.717, 1.165) is 31.4 Å². The lowest BCUT2D eigenvalue weighted by atomic mass is 10.00. The number of hydrogen-bond acceptors (Lipinski definition) is 3. The predicted molar refractivity (Wildman–Crippen MR) is 71.1 cm³/mol. The molecule has 0 aromatic carbocycles. The molecule has 0 spiro atoms. The molecule has 1 fully saturated rings. The van der Waals surface area contributed by atoms with Gasteiger partial charge in [0, 0.05) is 0 Å². The Bertz CT molecular complexity index is 668. The zero-order chi connectivity index (χ0) is 12.9. The van der Waals surface area contributed by atoms with Crippen molar-refractivity contribution >= 4 is 21.6 Å². The molecule has 3 rings (SSSR count). The van der Waals surface area contributed by atoms with Crippen molar-refractivity contribution in [3.8, 4) is 5.88 Å². The molecule has 1 saturated carbocycles. The Morgan fingerprint density at radius 2 is 2.11 bits per heavy atom. The Morgan fingerprint density at radius 1 is 1.44 bits per heavy atom. The molecule has 0 atom stereocenters. The highest BCUT2D eigenvalue weighted by Crippen LogP contribution is 2.36. The molecule has 0 bridgehead atoms. The molecule has 1 aliphatic carbocycles. The summed E-state index contributed by atoms with van der Waals surface area (Å²) in [5, 5.41) is 14.5. The van der Waals surface area contributed by atoms with Crippen molar-refractivity contribution < 1.29 is 5.11 Å². The van der Waals surface area contributed by atoms with E-state index in [0.29, 0.717) is 15.7 Å². The number of halogens is 1. The standard InChI is InChI=1S/C12H14BrN3O2/c1-6-9(13)10-14-11(17)8(7-4-2-3-5-7)12(18)16(10)15-6/h7,18H,2-5H2,1H3,(H,14,17). The van der Waals surface area contributed by atoms with E-state index in [4.69, 9.17) is 0 Å². The van der Waals surface area contributed by atoms with Crippen LogP contribution in [0.5, 0.6) is 5.88 Å². The lowest BCUT2D eigenvalue weighted by molar-refractivity contribution is 0.419.